The second kappa shape index (κ2) is 39.5. The lowest BCUT2D eigenvalue weighted by molar-refractivity contribution is -0.161. The van der Waals surface area contributed by atoms with E-state index in [4.69, 9.17) is 18.5 Å². The van der Waals surface area contributed by atoms with Gasteiger partial charge in [-0.2, -0.15) is 0 Å². The zero-order chi connectivity index (χ0) is 38.2. The molecule has 0 bridgehead atoms. The molecule has 308 valence electrons. The van der Waals surface area contributed by atoms with E-state index in [1.807, 2.05) is 0 Å². The van der Waals surface area contributed by atoms with Crippen molar-refractivity contribution in [2.75, 3.05) is 19.8 Å². The molecule has 0 radical (unpaired) electrons. The van der Waals surface area contributed by atoms with Crippen LogP contribution in [-0.4, -0.2) is 42.8 Å². The van der Waals surface area contributed by atoms with Gasteiger partial charge in [0.2, 0.25) is 0 Å². The topological polar surface area (TPSA) is 108 Å². The zero-order valence-electron chi connectivity index (χ0n) is 34.2. The van der Waals surface area contributed by atoms with Gasteiger partial charge in [-0.05, 0) is 39.0 Å². The monoisotopic (exact) mass is 759 g/mol. The molecule has 0 aromatic carbocycles. The van der Waals surface area contributed by atoms with E-state index in [9.17, 15) is 19.0 Å². The maximum atomic E-state index is 12.5. The van der Waals surface area contributed by atoms with Gasteiger partial charge in [-0.1, -0.05) is 187 Å². The van der Waals surface area contributed by atoms with Crippen LogP contribution in [-0.2, 0) is 32.7 Å². The van der Waals surface area contributed by atoms with Gasteiger partial charge in [-0.3, -0.25) is 18.6 Å². The molecule has 0 heterocycles. The van der Waals surface area contributed by atoms with E-state index in [0.29, 0.717) is 12.8 Å². The standard InChI is InChI=1S/C43H83O8P/c1-4-7-9-11-13-15-17-18-19-20-21-22-23-24-25-26-28-29-31-33-35-37-42(44)48-39-41(40-50-52(46,47)49-6-3)51-43(45)38-36-34-32-30-27-16-14-12-10-8-5-2/h12,14,41H,4-11,13,15-40H2,1-3H3,(H,46,47)/b14-12-. The van der Waals surface area contributed by atoms with Crippen LogP contribution in [0.25, 0.3) is 0 Å². The number of hydrogen-bond donors (Lipinski definition) is 1. The van der Waals surface area contributed by atoms with Crippen molar-refractivity contribution < 1.29 is 37.6 Å². The number of phosphoric ester groups is 1. The lowest BCUT2D eigenvalue weighted by atomic mass is 10.0. The molecule has 0 aromatic rings. The van der Waals surface area contributed by atoms with Gasteiger partial charge in [0.25, 0.3) is 0 Å². The highest BCUT2D eigenvalue weighted by atomic mass is 31.2. The summed E-state index contributed by atoms with van der Waals surface area (Å²) in [6.07, 6.45) is 41.3. The highest BCUT2D eigenvalue weighted by Crippen LogP contribution is 2.43. The molecule has 0 rings (SSSR count). The lowest BCUT2D eigenvalue weighted by Gasteiger charge is -2.19. The van der Waals surface area contributed by atoms with E-state index in [1.54, 1.807) is 6.92 Å². The first-order valence-corrected chi connectivity index (χ1v) is 23.5. The Balaban J connectivity index is 3.95. The summed E-state index contributed by atoms with van der Waals surface area (Å²) in [5, 5.41) is 0. The molecule has 0 saturated heterocycles. The third kappa shape index (κ3) is 38.5. The number of unbranched alkanes of at least 4 members (excludes halogenated alkanes) is 27. The summed E-state index contributed by atoms with van der Waals surface area (Å²) < 4.78 is 32.6. The highest BCUT2D eigenvalue weighted by Gasteiger charge is 2.25. The van der Waals surface area contributed by atoms with Crippen LogP contribution in [0, 0.1) is 0 Å². The van der Waals surface area contributed by atoms with Crippen molar-refractivity contribution in [1.29, 1.82) is 0 Å². The second-order valence-electron chi connectivity index (χ2n) is 14.7. The molecule has 1 N–H and O–H groups in total. The molecule has 0 aliphatic heterocycles. The summed E-state index contributed by atoms with van der Waals surface area (Å²) in [5.74, 6) is -0.798. The highest BCUT2D eigenvalue weighted by molar-refractivity contribution is 7.47. The summed E-state index contributed by atoms with van der Waals surface area (Å²) in [7, 11) is -4.27. The van der Waals surface area contributed by atoms with Gasteiger partial charge in [0.05, 0.1) is 13.2 Å². The van der Waals surface area contributed by atoms with Crippen molar-refractivity contribution in [2.24, 2.45) is 0 Å². The molecule has 8 nitrogen and oxygen atoms in total. The van der Waals surface area contributed by atoms with Crippen molar-refractivity contribution in [3.63, 3.8) is 0 Å². The largest absolute Gasteiger partial charge is 0.472 e. The molecule has 0 amide bonds. The number of carbonyl (C=O) groups is 2. The van der Waals surface area contributed by atoms with Gasteiger partial charge >= 0.3 is 19.8 Å². The van der Waals surface area contributed by atoms with Crippen LogP contribution >= 0.6 is 7.82 Å². The Morgan fingerprint density at radius 3 is 1.33 bits per heavy atom. The summed E-state index contributed by atoms with van der Waals surface area (Å²) in [6.45, 7) is 5.45. The fourth-order valence-corrected chi connectivity index (χ4v) is 7.07. The van der Waals surface area contributed by atoms with Crippen LogP contribution in [0.2, 0.25) is 0 Å². The number of carbonyl (C=O) groups excluding carboxylic acids is 2. The molecule has 2 unspecified atom stereocenters. The minimum absolute atomic E-state index is 0.00186. The minimum atomic E-state index is -4.27. The number of esters is 2. The molecular formula is C43H83O8P. The first-order chi connectivity index (χ1) is 25.3. The van der Waals surface area contributed by atoms with Gasteiger partial charge in [0.15, 0.2) is 6.10 Å². The zero-order valence-corrected chi connectivity index (χ0v) is 35.1. The minimum Gasteiger partial charge on any atom is -0.462 e. The van der Waals surface area contributed by atoms with E-state index in [-0.39, 0.29) is 25.6 Å². The normalized spacial score (nSPS) is 13.4. The third-order valence-electron chi connectivity index (χ3n) is 9.57. The lowest BCUT2D eigenvalue weighted by Crippen LogP contribution is -2.29. The molecule has 0 aromatic heterocycles. The molecule has 0 aliphatic rings. The molecule has 0 saturated carbocycles. The maximum Gasteiger partial charge on any atom is 0.472 e. The van der Waals surface area contributed by atoms with Gasteiger partial charge in [-0.15, -0.1) is 0 Å². The van der Waals surface area contributed by atoms with Crippen molar-refractivity contribution in [3.8, 4) is 0 Å². The first kappa shape index (κ1) is 50.8. The number of ether oxygens (including phenoxy) is 2. The second-order valence-corrected chi connectivity index (χ2v) is 16.2. The first-order valence-electron chi connectivity index (χ1n) is 22.0. The average molecular weight is 759 g/mol. The van der Waals surface area contributed by atoms with Crippen LogP contribution < -0.4 is 0 Å². The van der Waals surface area contributed by atoms with Crippen LogP contribution in [0.4, 0.5) is 0 Å². The Kier molecular flexibility index (Phi) is 38.6. The summed E-state index contributed by atoms with van der Waals surface area (Å²) in [5.41, 5.74) is 0. The summed E-state index contributed by atoms with van der Waals surface area (Å²) in [4.78, 5) is 34.7. The molecule has 52 heavy (non-hydrogen) atoms. The number of allylic oxidation sites excluding steroid dienone is 2. The summed E-state index contributed by atoms with van der Waals surface area (Å²) >= 11 is 0. The predicted octanol–water partition coefficient (Wildman–Crippen LogP) is 13.7. The van der Waals surface area contributed by atoms with E-state index < -0.39 is 26.5 Å². The van der Waals surface area contributed by atoms with E-state index in [0.717, 1.165) is 57.8 Å². The van der Waals surface area contributed by atoms with E-state index in [2.05, 4.69) is 26.0 Å². The Morgan fingerprint density at radius 1 is 0.500 bits per heavy atom. The van der Waals surface area contributed by atoms with Crippen LogP contribution in [0.1, 0.15) is 226 Å². The molecule has 0 fully saturated rings. The molecular weight excluding hydrogens is 675 g/mol. The van der Waals surface area contributed by atoms with Crippen molar-refractivity contribution >= 4 is 19.8 Å². The molecule has 0 spiro atoms. The fourth-order valence-electron chi connectivity index (χ4n) is 6.32. The van der Waals surface area contributed by atoms with Crippen molar-refractivity contribution in [1.82, 2.24) is 0 Å². The van der Waals surface area contributed by atoms with Gasteiger partial charge in [-0.25, -0.2) is 4.57 Å². The Bertz CT molecular complexity index is 864. The van der Waals surface area contributed by atoms with Gasteiger partial charge in [0, 0.05) is 12.8 Å². The van der Waals surface area contributed by atoms with E-state index in [1.165, 1.54) is 128 Å². The van der Waals surface area contributed by atoms with Gasteiger partial charge in [0.1, 0.15) is 6.61 Å². The van der Waals surface area contributed by atoms with Crippen LogP contribution in [0.5, 0.6) is 0 Å². The average Bonchev–Trinajstić information content (AvgIpc) is 3.12. The maximum absolute atomic E-state index is 12.5. The Labute approximate surface area is 320 Å². The third-order valence-corrected chi connectivity index (χ3v) is 10.6. The fraction of sp³-hybridized carbons (Fsp3) is 0.907. The predicted molar refractivity (Wildman–Crippen MR) is 216 cm³/mol. The Morgan fingerprint density at radius 2 is 0.885 bits per heavy atom. The summed E-state index contributed by atoms with van der Waals surface area (Å²) in [6, 6.07) is 0. The van der Waals surface area contributed by atoms with Crippen molar-refractivity contribution in [2.45, 2.75) is 232 Å². The molecule has 0 aliphatic carbocycles. The number of rotatable bonds is 41. The smallest absolute Gasteiger partial charge is 0.462 e. The number of hydrogen-bond acceptors (Lipinski definition) is 7. The van der Waals surface area contributed by atoms with Gasteiger partial charge < -0.3 is 14.4 Å². The Hall–Kier alpha value is -1.21. The van der Waals surface area contributed by atoms with Crippen molar-refractivity contribution in [3.05, 3.63) is 12.2 Å². The molecule has 9 heteroatoms. The molecule has 2 atom stereocenters. The quantitative estimate of drug-likeness (QED) is 0.0284. The van der Waals surface area contributed by atoms with Crippen LogP contribution in [0.3, 0.4) is 0 Å². The van der Waals surface area contributed by atoms with Crippen LogP contribution in [0.15, 0.2) is 12.2 Å². The number of phosphoric acid groups is 1. The SMILES string of the molecule is CCCC/C=C\CCCCCCCC(=O)OC(COC(=O)CCCCCCCCCCCCCCCCCCCCCCC)COP(=O)(O)OCC. The van der Waals surface area contributed by atoms with E-state index >= 15 is 0 Å².